The molecule has 0 bridgehead atoms. The maximum Gasteiger partial charge on any atom is 0.519 e. The molecule has 1 heterocycles. The van der Waals surface area contributed by atoms with E-state index in [-0.39, 0.29) is 34.1 Å². The number of esters is 1. The predicted octanol–water partition coefficient (Wildman–Crippen LogP) is 5.36. The Labute approximate surface area is 190 Å². The molecule has 1 atom stereocenters. The van der Waals surface area contributed by atoms with Crippen molar-refractivity contribution < 1.29 is 28.3 Å². The van der Waals surface area contributed by atoms with Gasteiger partial charge in [-0.05, 0) is 70.3 Å². The normalized spacial score (nSPS) is 24.4. The lowest BCUT2D eigenvalue weighted by atomic mass is 9.87. The first-order valence-electron chi connectivity index (χ1n) is 11.3. The molecule has 1 aliphatic heterocycles. The van der Waals surface area contributed by atoms with Crippen LogP contribution < -0.4 is 0 Å². The molecule has 0 radical (unpaired) electrons. The first-order chi connectivity index (χ1) is 14.7. The molecule has 0 aromatic heterocycles. The second kappa shape index (κ2) is 10.4. The van der Waals surface area contributed by atoms with Crippen molar-refractivity contribution in [2.75, 3.05) is 20.2 Å². The first kappa shape index (κ1) is 24.1. The molecule has 0 spiro atoms. The summed E-state index contributed by atoms with van der Waals surface area (Å²) in [5.74, 6) is -0.184. The lowest BCUT2D eigenvalue weighted by molar-refractivity contribution is -0.879. The minimum absolute atomic E-state index is 0.0140. The molecule has 3 rings (SSSR count). The van der Waals surface area contributed by atoms with Gasteiger partial charge in [0.25, 0.3) is 5.56 Å². The minimum atomic E-state index is -0.550. The van der Waals surface area contributed by atoms with Crippen LogP contribution in [0.5, 0.6) is 0 Å². The first-order valence-corrected chi connectivity index (χ1v) is 12.2. The molecule has 2 aliphatic rings. The number of thioether (sulfide) groups is 1. The van der Waals surface area contributed by atoms with Crippen molar-refractivity contribution in [3.05, 3.63) is 30.3 Å². The zero-order chi connectivity index (χ0) is 22.5. The van der Waals surface area contributed by atoms with E-state index in [9.17, 15) is 9.59 Å². The minimum Gasteiger partial charge on any atom is -0.469 e. The Kier molecular flexibility index (Phi) is 8.05. The third-order valence-corrected chi connectivity index (χ3v) is 7.28. The van der Waals surface area contributed by atoms with Crippen molar-refractivity contribution in [2.24, 2.45) is 5.92 Å². The predicted molar refractivity (Wildman–Crippen MR) is 120 cm³/mol. The van der Waals surface area contributed by atoms with E-state index in [1.165, 1.54) is 7.11 Å². The number of carbonyl (C=O) groups is 2. The van der Waals surface area contributed by atoms with Gasteiger partial charge in [-0.15, -0.1) is 0 Å². The van der Waals surface area contributed by atoms with Gasteiger partial charge in [0.05, 0.1) is 32.2 Å². The number of methoxy groups -OCH3 is 1. The fraction of sp³-hybridized carbons (Fsp3) is 0.667. The molecule has 2 fully saturated rings. The molecule has 172 valence electrons. The molecule has 1 unspecified atom stereocenters. The Morgan fingerprint density at radius 1 is 1.03 bits per heavy atom. The van der Waals surface area contributed by atoms with Crippen LogP contribution in [0.1, 0.15) is 59.3 Å². The van der Waals surface area contributed by atoms with Gasteiger partial charge in [-0.1, -0.05) is 18.2 Å². The van der Waals surface area contributed by atoms with Crippen LogP contribution in [0, 0.1) is 5.92 Å². The third-order valence-electron chi connectivity index (χ3n) is 6.02. The number of benzene rings is 1. The van der Waals surface area contributed by atoms with Crippen molar-refractivity contribution in [1.29, 1.82) is 0 Å². The van der Waals surface area contributed by atoms with Crippen molar-refractivity contribution >= 4 is 23.8 Å². The van der Waals surface area contributed by atoms with Gasteiger partial charge in [0.1, 0.15) is 5.60 Å². The van der Waals surface area contributed by atoms with E-state index in [0.29, 0.717) is 0 Å². The molecule has 1 aromatic carbocycles. The Hall–Kier alpha value is -1.57. The summed E-state index contributed by atoms with van der Waals surface area (Å²) in [6.45, 7) is 7.16. The number of carbonyl (C=O) groups excluding carboxylic acids is 2. The topological polar surface area (TPSA) is 61.8 Å². The van der Waals surface area contributed by atoms with Crippen LogP contribution in [0.4, 0.5) is 4.79 Å². The maximum absolute atomic E-state index is 13.4. The molecule has 1 aromatic rings. The molecule has 31 heavy (non-hydrogen) atoms. The number of likely N-dealkylation sites (tertiary alicyclic amines) is 1. The summed E-state index contributed by atoms with van der Waals surface area (Å²) in [6.07, 6.45) is 4.85. The van der Waals surface area contributed by atoms with Crippen LogP contribution in [-0.2, 0) is 19.0 Å². The summed E-state index contributed by atoms with van der Waals surface area (Å²) in [5.41, 5.74) is -0.926. The smallest absolute Gasteiger partial charge is 0.469 e. The average molecular weight is 451 g/mol. The van der Waals surface area contributed by atoms with Crippen LogP contribution in [0.3, 0.4) is 0 Å². The summed E-state index contributed by atoms with van der Waals surface area (Å²) < 4.78 is 17.6. The molecule has 1 saturated carbocycles. The number of rotatable bonds is 6. The van der Waals surface area contributed by atoms with E-state index in [4.69, 9.17) is 14.2 Å². The molecule has 1 aliphatic carbocycles. The average Bonchev–Trinajstić information content (AvgIpc) is 3.24. The summed E-state index contributed by atoms with van der Waals surface area (Å²) in [4.78, 5) is 26.4. The number of hydrogen-bond acceptors (Lipinski definition) is 6. The highest BCUT2D eigenvalue weighted by molar-refractivity contribution is 7.99. The Balaban J connectivity index is 1.80. The number of hydrogen-bond donors (Lipinski definition) is 0. The van der Waals surface area contributed by atoms with E-state index >= 15 is 0 Å². The van der Waals surface area contributed by atoms with E-state index in [0.717, 1.165) is 56.5 Å². The zero-order valence-corrected chi connectivity index (χ0v) is 20.0. The van der Waals surface area contributed by atoms with Crippen LogP contribution in [0.25, 0.3) is 0 Å². The number of quaternary nitrogens is 1. The van der Waals surface area contributed by atoms with Crippen LogP contribution >= 0.6 is 11.8 Å². The van der Waals surface area contributed by atoms with Gasteiger partial charge in [0.15, 0.2) is 0 Å². The van der Waals surface area contributed by atoms with Gasteiger partial charge in [-0.25, -0.2) is 0 Å². The second-order valence-corrected chi connectivity index (χ2v) is 10.6. The van der Waals surface area contributed by atoms with Crippen molar-refractivity contribution in [2.45, 2.75) is 81.5 Å². The quantitative estimate of drug-likeness (QED) is 0.252. The fourth-order valence-electron chi connectivity index (χ4n) is 4.36. The molecular formula is C24H36NO5S+. The Bertz CT molecular complexity index is 734. The van der Waals surface area contributed by atoms with Gasteiger partial charge < -0.3 is 14.2 Å². The monoisotopic (exact) mass is 450 g/mol. The van der Waals surface area contributed by atoms with Gasteiger partial charge in [0.2, 0.25) is 0 Å². The highest BCUT2D eigenvalue weighted by Gasteiger charge is 2.52. The molecule has 7 heteroatoms. The fourth-order valence-corrected chi connectivity index (χ4v) is 5.62. The van der Waals surface area contributed by atoms with Gasteiger partial charge in [-0.2, -0.15) is 9.28 Å². The summed E-state index contributed by atoms with van der Waals surface area (Å²) in [7, 11) is 1.44. The third kappa shape index (κ3) is 6.24. The number of amides is 1. The van der Waals surface area contributed by atoms with Gasteiger partial charge in [-0.3, -0.25) is 4.79 Å². The number of nitrogens with zero attached hydrogens (tertiary/aromatic N) is 1. The molecular weight excluding hydrogens is 414 g/mol. The van der Waals surface area contributed by atoms with E-state index < -0.39 is 5.60 Å². The van der Waals surface area contributed by atoms with E-state index in [1.54, 1.807) is 11.8 Å². The summed E-state index contributed by atoms with van der Waals surface area (Å²) >= 11 is 1.60. The molecule has 1 amide bonds. The maximum atomic E-state index is 13.4. The van der Waals surface area contributed by atoms with Gasteiger partial charge in [0, 0.05) is 17.7 Å². The van der Waals surface area contributed by atoms with E-state index in [2.05, 4.69) is 12.1 Å². The summed E-state index contributed by atoms with van der Waals surface area (Å²) in [5, 5.41) is 0. The Morgan fingerprint density at radius 3 is 2.19 bits per heavy atom. The highest BCUT2D eigenvalue weighted by Crippen LogP contribution is 2.39. The molecule has 1 saturated heterocycles. The highest BCUT2D eigenvalue weighted by atomic mass is 32.2. The molecule has 0 N–H and O–H groups in total. The van der Waals surface area contributed by atoms with Gasteiger partial charge >= 0.3 is 12.1 Å². The largest absolute Gasteiger partial charge is 0.519 e. The van der Waals surface area contributed by atoms with E-state index in [1.807, 2.05) is 39.0 Å². The lowest BCUT2D eigenvalue weighted by Gasteiger charge is -2.40. The second-order valence-electron chi connectivity index (χ2n) is 9.54. The van der Waals surface area contributed by atoms with Crippen molar-refractivity contribution in [3.8, 4) is 0 Å². The lowest BCUT2D eigenvalue weighted by Crippen LogP contribution is -2.59. The van der Waals surface area contributed by atoms with Crippen molar-refractivity contribution in [1.82, 2.24) is 0 Å². The SMILES string of the molecule is COC(=O)[C@H]1CC[C@H](OC(Sc2ccccc2)[N+]2(C(=O)OC(C)(C)C)CCCC2)CC1. The number of ether oxygens (including phenoxy) is 3. The molecule has 6 nitrogen and oxygen atoms in total. The summed E-state index contributed by atoms with van der Waals surface area (Å²) in [6, 6.07) is 10.1. The van der Waals surface area contributed by atoms with Crippen LogP contribution in [-0.4, -0.2) is 54.0 Å². The van der Waals surface area contributed by atoms with Crippen molar-refractivity contribution in [3.63, 3.8) is 0 Å². The zero-order valence-electron chi connectivity index (χ0n) is 19.2. The Morgan fingerprint density at radius 2 is 1.65 bits per heavy atom. The van der Waals surface area contributed by atoms with Crippen LogP contribution in [0.15, 0.2) is 35.2 Å². The van der Waals surface area contributed by atoms with Crippen LogP contribution in [0.2, 0.25) is 0 Å². The standard InChI is InChI=1S/C24H36NO5S/c1-24(2,3)30-22(27)25(16-8-9-17-25)23(31-20-10-6-5-7-11-20)29-19-14-12-18(13-15-19)21(26)28-4/h5-7,10-11,18-19,23H,8-9,12-17H2,1-4H3/q+1/t18-,19-,23?.